The minimum atomic E-state index is -4.51. The molecule has 1 saturated heterocycles. The molecule has 112 valence electrons. The zero-order valence-electron chi connectivity index (χ0n) is 11.2. The van der Waals surface area contributed by atoms with Crippen LogP contribution in [0.2, 0.25) is 0 Å². The summed E-state index contributed by atoms with van der Waals surface area (Å²) in [6.07, 6.45) is -7.32. The van der Waals surface area contributed by atoms with Gasteiger partial charge < -0.3 is 15.2 Å². The van der Waals surface area contributed by atoms with Gasteiger partial charge in [0.15, 0.2) is 6.10 Å². The van der Waals surface area contributed by atoms with Gasteiger partial charge >= 0.3 is 12.3 Å². The molecule has 19 heavy (non-hydrogen) atoms. The van der Waals surface area contributed by atoms with Crippen molar-refractivity contribution >= 4 is 6.09 Å². The number of carbonyl (C=O) groups is 1. The van der Waals surface area contributed by atoms with Crippen LogP contribution < -0.4 is 5.73 Å². The Morgan fingerprint density at radius 1 is 1.42 bits per heavy atom. The summed E-state index contributed by atoms with van der Waals surface area (Å²) in [5.74, 6) is 0. The van der Waals surface area contributed by atoms with Crippen molar-refractivity contribution in [3.05, 3.63) is 0 Å². The van der Waals surface area contributed by atoms with Gasteiger partial charge in [0.1, 0.15) is 5.60 Å². The van der Waals surface area contributed by atoms with Gasteiger partial charge in [-0.25, -0.2) is 4.79 Å². The summed E-state index contributed by atoms with van der Waals surface area (Å²) in [5, 5.41) is 0. The van der Waals surface area contributed by atoms with Gasteiger partial charge in [-0.2, -0.15) is 13.2 Å². The van der Waals surface area contributed by atoms with Gasteiger partial charge in [-0.05, 0) is 20.8 Å². The summed E-state index contributed by atoms with van der Waals surface area (Å²) >= 11 is 0. The van der Waals surface area contributed by atoms with Crippen molar-refractivity contribution in [3.8, 4) is 0 Å². The van der Waals surface area contributed by atoms with Crippen molar-refractivity contribution < 1.29 is 27.4 Å². The first kappa shape index (κ1) is 16.0. The number of nitrogens with zero attached hydrogens (tertiary/aromatic N) is 1. The molecule has 0 aromatic carbocycles. The first-order chi connectivity index (χ1) is 8.54. The highest BCUT2D eigenvalue weighted by Crippen LogP contribution is 2.28. The van der Waals surface area contributed by atoms with Crippen LogP contribution in [0.15, 0.2) is 0 Å². The Bertz CT molecular complexity index is 328. The van der Waals surface area contributed by atoms with Crippen molar-refractivity contribution in [2.75, 3.05) is 19.7 Å². The maximum absolute atomic E-state index is 12.6. The number of nitrogens with two attached hydrogens (primary N) is 1. The Kier molecular flexibility index (Phi) is 4.67. The fraction of sp³-hybridized carbons (Fsp3) is 0.909. The van der Waals surface area contributed by atoms with E-state index in [-0.39, 0.29) is 13.2 Å². The topological polar surface area (TPSA) is 64.8 Å². The molecule has 0 radical (unpaired) electrons. The quantitative estimate of drug-likeness (QED) is 0.792. The minimum Gasteiger partial charge on any atom is -0.444 e. The Balaban J connectivity index is 2.78. The molecular formula is C11H19F3N2O3. The van der Waals surface area contributed by atoms with E-state index in [1.165, 1.54) is 0 Å². The predicted octanol–water partition coefficient (Wildman–Crippen LogP) is 1.51. The molecule has 1 amide bonds. The largest absolute Gasteiger partial charge is 0.444 e. The number of alkyl halides is 3. The average molecular weight is 284 g/mol. The van der Waals surface area contributed by atoms with E-state index in [9.17, 15) is 18.0 Å². The molecule has 1 heterocycles. The van der Waals surface area contributed by atoms with E-state index in [1.54, 1.807) is 20.8 Å². The molecule has 2 atom stereocenters. The maximum atomic E-state index is 12.6. The molecule has 0 aromatic rings. The van der Waals surface area contributed by atoms with E-state index in [4.69, 9.17) is 15.2 Å². The van der Waals surface area contributed by atoms with Gasteiger partial charge in [-0.15, -0.1) is 0 Å². The summed E-state index contributed by atoms with van der Waals surface area (Å²) in [6.45, 7) is 4.10. The normalized spacial score (nSPS) is 25.3. The highest BCUT2D eigenvalue weighted by atomic mass is 19.4. The van der Waals surface area contributed by atoms with Crippen molar-refractivity contribution in [2.45, 2.75) is 44.7 Å². The molecule has 0 aliphatic carbocycles. The van der Waals surface area contributed by atoms with Crippen LogP contribution in [0.25, 0.3) is 0 Å². The molecule has 0 aromatic heterocycles. The van der Waals surface area contributed by atoms with Crippen LogP contribution >= 0.6 is 0 Å². The van der Waals surface area contributed by atoms with Crippen molar-refractivity contribution in [1.29, 1.82) is 0 Å². The Labute approximate surface area is 109 Å². The van der Waals surface area contributed by atoms with Crippen LogP contribution in [0.1, 0.15) is 20.8 Å². The molecule has 1 fully saturated rings. The number of ether oxygens (including phenoxy) is 2. The number of morpholine rings is 1. The van der Waals surface area contributed by atoms with E-state index in [0.29, 0.717) is 0 Å². The number of hydrogen-bond donors (Lipinski definition) is 1. The van der Waals surface area contributed by atoms with Gasteiger partial charge in [0, 0.05) is 6.54 Å². The molecule has 0 spiro atoms. The van der Waals surface area contributed by atoms with Crippen molar-refractivity contribution in [2.24, 2.45) is 5.73 Å². The Hall–Kier alpha value is -1.02. The second kappa shape index (κ2) is 5.54. The summed E-state index contributed by atoms with van der Waals surface area (Å²) in [4.78, 5) is 12.9. The number of amides is 1. The van der Waals surface area contributed by atoms with E-state index in [1.807, 2.05) is 0 Å². The second-order valence-electron chi connectivity index (χ2n) is 5.39. The number of halogens is 3. The van der Waals surface area contributed by atoms with Gasteiger partial charge in [0.25, 0.3) is 0 Å². The third kappa shape index (κ3) is 4.54. The third-order valence-electron chi connectivity index (χ3n) is 2.56. The lowest BCUT2D eigenvalue weighted by molar-refractivity contribution is -0.241. The van der Waals surface area contributed by atoms with Crippen LogP contribution in [-0.2, 0) is 9.47 Å². The predicted molar refractivity (Wildman–Crippen MR) is 61.6 cm³/mol. The molecule has 0 bridgehead atoms. The second-order valence-corrected chi connectivity index (χ2v) is 5.39. The molecule has 2 unspecified atom stereocenters. The zero-order chi connectivity index (χ0) is 14.8. The lowest BCUT2D eigenvalue weighted by Crippen LogP contribution is -2.59. The lowest BCUT2D eigenvalue weighted by atomic mass is 10.1. The lowest BCUT2D eigenvalue weighted by Gasteiger charge is -2.40. The van der Waals surface area contributed by atoms with Crippen molar-refractivity contribution in [1.82, 2.24) is 4.90 Å². The average Bonchev–Trinajstić information content (AvgIpc) is 2.24. The fourth-order valence-corrected chi connectivity index (χ4v) is 1.64. The van der Waals surface area contributed by atoms with E-state index in [2.05, 4.69) is 0 Å². The first-order valence-electron chi connectivity index (χ1n) is 5.92. The van der Waals surface area contributed by atoms with Crippen LogP contribution in [0.3, 0.4) is 0 Å². The third-order valence-corrected chi connectivity index (χ3v) is 2.56. The van der Waals surface area contributed by atoms with Crippen LogP contribution in [-0.4, -0.2) is 54.6 Å². The minimum absolute atomic E-state index is 0.0177. The highest BCUT2D eigenvalue weighted by molar-refractivity contribution is 5.68. The van der Waals surface area contributed by atoms with Gasteiger partial charge in [-0.3, -0.25) is 4.90 Å². The van der Waals surface area contributed by atoms with Crippen LogP contribution in [0, 0.1) is 0 Å². The Morgan fingerprint density at radius 2 is 2.00 bits per heavy atom. The van der Waals surface area contributed by atoms with Crippen LogP contribution in [0.4, 0.5) is 18.0 Å². The smallest absolute Gasteiger partial charge is 0.416 e. The molecule has 2 N–H and O–H groups in total. The molecule has 1 aliphatic heterocycles. The van der Waals surface area contributed by atoms with Gasteiger partial charge in [0.2, 0.25) is 0 Å². The monoisotopic (exact) mass is 284 g/mol. The first-order valence-corrected chi connectivity index (χ1v) is 5.92. The molecule has 1 aliphatic rings. The molecular weight excluding hydrogens is 265 g/mol. The molecule has 8 heteroatoms. The van der Waals surface area contributed by atoms with Gasteiger partial charge in [0.05, 0.1) is 19.2 Å². The maximum Gasteiger partial charge on any atom is 0.416 e. The Morgan fingerprint density at radius 3 is 2.42 bits per heavy atom. The van der Waals surface area contributed by atoms with Crippen molar-refractivity contribution in [3.63, 3.8) is 0 Å². The summed E-state index contributed by atoms with van der Waals surface area (Å²) < 4.78 is 47.6. The van der Waals surface area contributed by atoms with E-state index < -0.39 is 36.6 Å². The fourth-order valence-electron chi connectivity index (χ4n) is 1.64. The summed E-state index contributed by atoms with van der Waals surface area (Å²) in [6, 6.07) is -0.603. The number of rotatable bonds is 1. The standard InChI is InChI=1S/C11H19F3N2O3/c1-10(2,3)19-9(17)16-5-8(11(12,13)14)18-6-7(16)4-15/h7-8H,4-6,15H2,1-3H3. The molecule has 5 nitrogen and oxygen atoms in total. The molecule has 0 saturated carbocycles. The SMILES string of the molecule is CC(C)(C)OC(=O)N1CC(C(F)(F)F)OCC1CN. The zero-order valence-corrected chi connectivity index (χ0v) is 11.2. The van der Waals surface area contributed by atoms with E-state index >= 15 is 0 Å². The highest BCUT2D eigenvalue weighted by Gasteiger charge is 2.47. The number of carbonyl (C=O) groups excluding carboxylic acids is 1. The summed E-state index contributed by atoms with van der Waals surface area (Å²) in [7, 11) is 0. The van der Waals surface area contributed by atoms with E-state index in [0.717, 1.165) is 4.90 Å². The number of hydrogen-bond acceptors (Lipinski definition) is 4. The van der Waals surface area contributed by atoms with Gasteiger partial charge in [-0.1, -0.05) is 0 Å². The molecule has 1 rings (SSSR count). The summed E-state index contributed by atoms with van der Waals surface area (Å²) in [5.41, 5.74) is 4.66. The van der Waals surface area contributed by atoms with Crippen LogP contribution in [0.5, 0.6) is 0 Å².